The largest absolute Gasteiger partial charge is 0.497 e. The molecule has 1 atom stereocenters. The fraction of sp³-hybridized carbons (Fsp3) is 0.458. The molecule has 1 aromatic rings. The molecule has 3 aliphatic rings. The Kier molecular flexibility index (Phi) is 6.89. The van der Waals surface area contributed by atoms with Crippen LogP contribution < -0.4 is 10.1 Å². The number of rotatable bonds is 6. The van der Waals surface area contributed by atoms with Gasteiger partial charge in [0.2, 0.25) is 5.91 Å². The number of benzene rings is 1. The Morgan fingerprint density at radius 1 is 1.22 bits per heavy atom. The van der Waals surface area contributed by atoms with Gasteiger partial charge in [-0.25, -0.2) is 9.79 Å². The van der Waals surface area contributed by atoms with Crippen LogP contribution in [0.1, 0.15) is 57.1 Å². The summed E-state index contributed by atoms with van der Waals surface area (Å²) < 4.78 is 10.5. The number of nitrogens with one attached hydrogen (secondary N) is 1. The molecule has 0 saturated heterocycles. The lowest BCUT2D eigenvalue weighted by molar-refractivity contribution is -0.136. The number of aliphatic imine (C=N–C) groups is 1. The molecule has 7 nitrogen and oxygen atoms in total. The lowest BCUT2D eigenvalue weighted by atomic mass is 9.93. The molecule has 0 bridgehead atoms. The smallest absolute Gasteiger partial charge is 0.338 e. The third kappa shape index (κ3) is 4.55. The molecule has 2 heterocycles. The number of allylic oxidation sites excluding steroid dienone is 1. The van der Waals surface area contributed by atoms with Gasteiger partial charge in [-0.2, -0.15) is 0 Å². The molecule has 0 unspecified atom stereocenters. The molecule has 1 aliphatic carbocycles. The average molecular weight is 456 g/mol. The summed E-state index contributed by atoms with van der Waals surface area (Å²) in [6, 6.07) is 7.42. The molecule has 1 amide bonds. The van der Waals surface area contributed by atoms with E-state index < -0.39 is 12.0 Å². The maximum atomic E-state index is 12.9. The summed E-state index contributed by atoms with van der Waals surface area (Å²) in [5.41, 5.74) is 2.77. The second-order valence-corrected chi connectivity index (χ2v) is 9.08. The van der Waals surface area contributed by atoms with E-state index in [9.17, 15) is 9.59 Å². The van der Waals surface area contributed by atoms with Crippen molar-refractivity contribution in [3.05, 3.63) is 52.2 Å². The highest BCUT2D eigenvalue weighted by Crippen LogP contribution is 2.45. The molecule has 8 heteroatoms. The van der Waals surface area contributed by atoms with Crippen LogP contribution in [0.2, 0.25) is 0 Å². The minimum Gasteiger partial charge on any atom is -0.497 e. The molecule has 32 heavy (non-hydrogen) atoms. The number of amidine groups is 1. The van der Waals surface area contributed by atoms with Gasteiger partial charge in [0.05, 0.1) is 38.0 Å². The number of nitrogens with zero attached hydrogens (tertiary/aromatic N) is 2. The molecule has 0 aromatic heterocycles. The van der Waals surface area contributed by atoms with Gasteiger partial charge >= 0.3 is 5.97 Å². The summed E-state index contributed by atoms with van der Waals surface area (Å²) in [5, 5.41) is 5.90. The van der Waals surface area contributed by atoms with E-state index in [1.54, 1.807) is 7.11 Å². The molecule has 2 aliphatic heterocycles. The van der Waals surface area contributed by atoms with Crippen molar-refractivity contribution < 1.29 is 19.1 Å². The average Bonchev–Trinajstić information content (AvgIpc) is 3.20. The van der Waals surface area contributed by atoms with Crippen molar-refractivity contribution in [1.82, 2.24) is 10.2 Å². The number of hydrogen-bond donors (Lipinski definition) is 1. The van der Waals surface area contributed by atoms with Crippen LogP contribution in [-0.2, 0) is 14.3 Å². The zero-order valence-corrected chi connectivity index (χ0v) is 19.5. The number of carbonyl (C=O) groups excluding carboxylic acids is 2. The standard InChI is InChI=1S/C24H29N3O4S/c1-15-21(23(29)31-3)22(16-8-7-11-19(12-16)30-2)27-18(14-32-24(27)25-15)13-20(28)26-17-9-5-4-6-10-17/h7-8,11-12,14,17,22H,4-6,9-10,13H2,1-3H3,(H,26,28)/t22-/m0/s1. The predicted octanol–water partition coefficient (Wildman–Crippen LogP) is 4.28. The molecule has 1 aromatic carbocycles. The third-order valence-corrected chi connectivity index (χ3v) is 7.02. The summed E-state index contributed by atoms with van der Waals surface area (Å²) in [6.07, 6.45) is 5.88. The fourth-order valence-corrected chi connectivity index (χ4v) is 5.52. The van der Waals surface area contributed by atoms with Crippen LogP contribution in [0.25, 0.3) is 0 Å². The maximum absolute atomic E-state index is 12.9. The van der Waals surface area contributed by atoms with E-state index in [1.165, 1.54) is 25.3 Å². The van der Waals surface area contributed by atoms with Gasteiger partial charge in [-0.15, -0.1) is 0 Å². The van der Waals surface area contributed by atoms with E-state index >= 15 is 0 Å². The van der Waals surface area contributed by atoms with Crippen molar-refractivity contribution in [2.75, 3.05) is 14.2 Å². The molecule has 1 saturated carbocycles. The number of carbonyl (C=O) groups is 2. The Labute approximate surface area is 192 Å². The van der Waals surface area contributed by atoms with E-state index in [0.717, 1.165) is 42.1 Å². The van der Waals surface area contributed by atoms with Crippen LogP contribution in [0.3, 0.4) is 0 Å². The summed E-state index contributed by atoms with van der Waals surface area (Å²) >= 11 is 1.47. The Bertz CT molecular complexity index is 995. The Hall–Kier alpha value is -2.74. The highest BCUT2D eigenvalue weighted by molar-refractivity contribution is 8.16. The highest BCUT2D eigenvalue weighted by Gasteiger charge is 2.41. The maximum Gasteiger partial charge on any atom is 0.338 e. The molecule has 4 rings (SSSR count). The molecular weight excluding hydrogens is 426 g/mol. The van der Waals surface area contributed by atoms with Gasteiger partial charge in [0.25, 0.3) is 0 Å². The minimum absolute atomic E-state index is 0.000264. The lowest BCUT2D eigenvalue weighted by Gasteiger charge is -2.36. The predicted molar refractivity (Wildman–Crippen MR) is 125 cm³/mol. The topological polar surface area (TPSA) is 80.2 Å². The lowest BCUT2D eigenvalue weighted by Crippen LogP contribution is -2.40. The zero-order valence-electron chi connectivity index (χ0n) is 18.7. The van der Waals surface area contributed by atoms with Crippen LogP contribution in [-0.4, -0.2) is 42.2 Å². The van der Waals surface area contributed by atoms with Gasteiger partial charge in [0.15, 0.2) is 5.17 Å². The summed E-state index contributed by atoms with van der Waals surface area (Å²) in [7, 11) is 2.99. The highest BCUT2D eigenvalue weighted by atomic mass is 32.2. The molecular formula is C24H29N3O4S. The second-order valence-electron chi connectivity index (χ2n) is 8.24. The van der Waals surface area contributed by atoms with Crippen molar-refractivity contribution in [1.29, 1.82) is 0 Å². The van der Waals surface area contributed by atoms with Gasteiger partial charge in [0.1, 0.15) is 5.75 Å². The first-order valence-corrected chi connectivity index (χ1v) is 11.9. The summed E-state index contributed by atoms with van der Waals surface area (Å²) in [4.78, 5) is 32.3. The van der Waals surface area contributed by atoms with Gasteiger partial charge in [0, 0.05) is 11.7 Å². The SMILES string of the molecule is COC(=O)C1=C(C)N=C2SC=C(CC(=O)NC3CCCCC3)N2[C@H]1c1cccc(OC)c1. The van der Waals surface area contributed by atoms with Crippen LogP contribution in [0.4, 0.5) is 0 Å². The van der Waals surface area contributed by atoms with Gasteiger partial charge in [-0.1, -0.05) is 43.2 Å². The van der Waals surface area contributed by atoms with Gasteiger partial charge in [-0.05, 0) is 42.9 Å². The molecule has 0 radical (unpaired) electrons. The first kappa shape index (κ1) is 22.5. The molecule has 0 spiro atoms. The van der Waals surface area contributed by atoms with E-state index in [1.807, 2.05) is 41.5 Å². The van der Waals surface area contributed by atoms with Crippen molar-refractivity contribution in [3.8, 4) is 5.75 Å². The van der Waals surface area contributed by atoms with Gasteiger partial charge < -0.3 is 19.7 Å². The number of thioether (sulfide) groups is 1. The third-order valence-electron chi connectivity index (χ3n) is 6.13. The van der Waals surface area contributed by atoms with Gasteiger partial charge in [-0.3, -0.25) is 4.79 Å². The quantitative estimate of drug-likeness (QED) is 0.645. The molecule has 1 N–H and O–H groups in total. The van der Waals surface area contributed by atoms with E-state index in [4.69, 9.17) is 9.47 Å². The number of methoxy groups -OCH3 is 2. The van der Waals surface area contributed by atoms with Crippen molar-refractivity contribution in [3.63, 3.8) is 0 Å². The Morgan fingerprint density at radius 3 is 2.72 bits per heavy atom. The van der Waals surface area contributed by atoms with E-state index in [2.05, 4.69) is 10.3 Å². The first-order chi connectivity index (χ1) is 15.5. The van der Waals surface area contributed by atoms with Crippen molar-refractivity contribution >= 4 is 28.8 Å². The number of ether oxygens (including phenoxy) is 2. The zero-order chi connectivity index (χ0) is 22.7. The van der Waals surface area contributed by atoms with Crippen LogP contribution in [0.15, 0.2) is 51.6 Å². The number of esters is 1. The van der Waals surface area contributed by atoms with Crippen LogP contribution in [0, 0.1) is 0 Å². The Balaban J connectivity index is 1.64. The molecule has 1 fully saturated rings. The number of amides is 1. The fourth-order valence-electron chi connectivity index (χ4n) is 4.56. The molecule has 170 valence electrons. The number of fused-ring (bicyclic) bond motifs is 1. The van der Waals surface area contributed by atoms with E-state index in [0.29, 0.717) is 17.0 Å². The van der Waals surface area contributed by atoms with Crippen molar-refractivity contribution in [2.24, 2.45) is 4.99 Å². The van der Waals surface area contributed by atoms with E-state index in [-0.39, 0.29) is 18.4 Å². The monoisotopic (exact) mass is 455 g/mol. The normalized spacial score (nSPS) is 21.0. The minimum atomic E-state index is -0.450. The number of hydrogen-bond acceptors (Lipinski definition) is 7. The summed E-state index contributed by atoms with van der Waals surface area (Å²) in [5.74, 6) is 0.266. The second kappa shape index (κ2) is 9.81. The summed E-state index contributed by atoms with van der Waals surface area (Å²) in [6.45, 7) is 1.82. The Morgan fingerprint density at radius 2 is 2.00 bits per heavy atom. The van der Waals surface area contributed by atoms with Crippen LogP contribution >= 0.6 is 11.8 Å². The van der Waals surface area contributed by atoms with Crippen molar-refractivity contribution in [2.45, 2.75) is 57.5 Å². The van der Waals surface area contributed by atoms with Crippen LogP contribution in [0.5, 0.6) is 5.75 Å². The first-order valence-electron chi connectivity index (χ1n) is 11.0.